The van der Waals surface area contributed by atoms with Crippen LogP contribution in [0.5, 0.6) is 0 Å². The molecule has 0 amide bonds. The molecule has 2 unspecified atom stereocenters. The van der Waals surface area contributed by atoms with Crippen molar-refractivity contribution in [2.75, 3.05) is 17.3 Å². The van der Waals surface area contributed by atoms with Gasteiger partial charge in [0.15, 0.2) is 0 Å². The number of nitrogens with one attached hydrogen (secondary N) is 1. The SMILES string of the molecule is CNc1cncc(N2C3CCC2CC(O)C3)n1. The van der Waals surface area contributed by atoms with Crippen LogP contribution in [0.4, 0.5) is 11.6 Å². The van der Waals surface area contributed by atoms with Crippen molar-refractivity contribution < 1.29 is 5.11 Å². The third kappa shape index (κ3) is 1.84. The Morgan fingerprint density at radius 3 is 2.65 bits per heavy atom. The number of nitrogens with zero attached hydrogens (tertiary/aromatic N) is 3. The van der Waals surface area contributed by atoms with E-state index in [1.165, 1.54) is 0 Å². The fourth-order valence-corrected chi connectivity index (χ4v) is 3.12. The molecule has 0 aliphatic carbocycles. The zero-order valence-electron chi connectivity index (χ0n) is 10.0. The number of piperidine rings is 1. The van der Waals surface area contributed by atoms with E-state index in [0.717, 1.165) is 37.3 Å². The first-order chi connectivity index (χ1) is 8.28. The Hall–Kier alpha value is -1.36. The first-order valence-corrected chi connectivity index (χ1v) is 6.24. The summed E-state index contributed by atoms with van der Waals surface area (Å²) in [6.45, 7) is 0. The molecule has 5 nitrogen and oxygen atoms in total. The molecule has 0 aromatic carbocycles. The Balaban J connectivity index is 1.89. The maximum absolute atomic E-state index is 9.78. The second kappa shape index (κ2) is 4.14. The van der Waals surface area contributed by atoms with E-state index in [1.54, 1.807) is 6.20 Å². The lowest BCUT2D eigenvalue weighted by atomic mass is 10.0. The maximum Gasteiger partial charge on any atom is 0.150 e. The molecule has 2 N–H and O–H groups in total. The number of fused-ring (bicyclic) bond motifs is 2. The van der Waals surface area contributed by atoms with Crippen molar-refractivity contribution in [1.29, 1.82) is 0 Å². The molecule has 1 aromatic heterocycles. The molecule has 0 radical (unpaired) electrons. The van der Waals surface area contributed by atoms with E-state index in [-0.39, 0.29) is 6.10 Å². The molecule has 3 rings (SSSR count). The van der Waals surface area contributed by atoms with Gasteiger partial charge in [-0.2, -0.15) is 0 Å². The average molecular weight is 234 g/mol. The van der Waals surface area contributed by atoms with Gasteiger partial charge >= 0.3 is 0 Å². The van der Waals surface area contributed by atoms with Crippen LogP contribution in [0, 0.1) is 0 Å². The smallest absolute Gasteiger partial charge is 0.150 e. The van der Waals surface area contributed by atoms with Crippen LogP contribution in [0.1, 0.15) is 25.7 Å². The Labute approximate surface area is 101 Å². The molecular weight excluding hydrogens is 216 g/mol. The lowest BCUT2D eigenvalue weighted by Crippen LogP contribution is -2.45. The number of hydrogen-bond acceptors (Lipinski definition) is 5. The Morgan fingerprint density at radius 1 is 1.29 bits per heavy atom. The molecule has 2 fully saturated rings. The average Bonchev–Trinajstić information content (AvgIpc) is 2.62. The van der Waals surface area contributed by atoms with E-state index in [1.807, 2.05) is 13.2 Å². The summed E-state index contributed by atoms with van der Waals surface area (Å²) in [4.78, 5) is 11.1. The van der Waals surface area contributed by atoms with Gasteiger partial charge in [-0.15, -0.1) is 0 Å². The normalized spacial score (nSPS) is 31.6. The molecule has 2 atom stereocenters. The zero-order valence-corrected chi connectivity index (χ0v) is 10.0. The summed E-state index contributed by atoms with van der Waals surface area (Å²) in [5.74, 6) is 1.74. The first kappa shape index (κ1) is 10.8. The van der Waals surface area contributed by atoms with Gasteiger partial charge in [-0.05, 0) is 25.7 Å². The van der Waals surface area contributed by atoms with Gasteiger partial charge < -0.3 is 15.3 Å². The van der Waals surface area contributed by atoms with Crippen molar-refractivity contribution in [1.82, 2.24) is 9.97 Å². The lowest BCUT2D eigenvalue weighted by Gasteiger charge is -2.37. The highest BCUT2D eigenvalue weighted by Gasteiger charge is 2.40. The van der Waals surface area contributed by atoms with E-state index in [2.05, 4.69) is 20.2 Å². The monoisotopic (exact) mass is 234 g/mol. The number of aliphatic hydroxyl groups is 1. The summed E-state index contributed by atoms with van der Waals surface area (Å²) in [5.41, 5.74) is 0. The topological polar surface area (TPSA) is 61.3 Å². The van der Waals surface area contributed by atoms with Crippen LogP contribution in [0.3, 0.4) is 0 Å². The van der Waals surface area contributed by atoms with Crippen molar-refractivity contribution in [3.63, 3.8) is 0 Å². The number of rotatable bonds is 2. The standard InChI is InChI=1S/C12H18N4O/c1-13-11-6-14-7-12(15-11)16-8-2-3-9(16)5-10(17)4-8/h6-10,17H,2-5H2,1H3,(H,13,15). The summed E-state index contributed by atoms with van der Waals surface area (Å²) in [7, 11) is 1.85. The Morgan fingerprint density at radius 2 is 2.00 bits per heavy atom. The summed E-state index contributed by atoms with van der Waals surface area (Å²) in [6, 6.07) is 0.871. The molecule has 92 valence electrons. The van der Waals surface area contributed by atoms with Gasteiger partial charge in [-0.25, -0.2) is 4.98 Å². The van der Waals surface area contributed by atoms with Gasteiger partial charge in [0.05, 0.1) is 18.5 Å². The number of anilines is 2. The highest BCUT2D eigenvalue weighted by atomic mass is 16.3. The molecule has 0 spiro atoms. The Kier molecular flexibility index (Phi) is 2.63. The maximum atomic E-state index is 9.78. The number of hydrogen-bond donors (Lipinski definition) is 2. The summed E-state index contributed by atoms with van der Waals surface area (Å²) < 4.78 is 0. The van der Waals surface area contributed by atoms with E-state index in [9.17, 15) is 5.11 Å². The van der Waals surface area contributed by atoms with Gasteiger partial charge in [0.1, 0.15) is 11.6 Å². The first-order valence-electron chi connectivity index (χ1n) is 6.24. The highest BCUT2D eigenvalue weighted by Crippen LogP contribution is 2.38. The largest absolute Gasteiger partial charge is 0.393 e. The Bertz CT molecular complexity index is 397. The van der Waals surface area contributed by atoms with E-state index >= 15 is 0 Å². The minimum Gasteiger partial charge on any atom is -0.393 e. The van der Waals surface area contributed by atoms with Crippen LogP contribution in [-0.4, -0.2) is 40.3 Å². The molecule has 0 saturated carbocycles. The van der Waals surface area contributed by atoms with Crippen molar-refractivity contribution >= 4 is 11.6 Å². The molecule has 3 heterocycles. The quantitative estimate of drug-likeness (QED) is 0.799. The minimum atomic E-state index is -0.135. The third-order valence-electron chi connectivity index (χ3n) is 3.85. The molecule has 2 aliphatic heterocycles. The predicted molar refractivity (Wildman–Crippen MR) is 66.1 cm³/mol. The summed E-state index contributed by atoms with van der Waals surface area (Å²) in [5, 5.41) is 12.8. The van der Waals surface area contributed by atoms with Gasteiger partial charge in [0.25, 0.3) is 0 Å². The van der Waals surface area contributed by atoms with Gasteiger partial charge in [-0.3, -0.25) is 4.98 Å². The summed E-state index contributed by atoms with van der Waals surface area (Å²) >= 11 is 0. The highest BCUT2D eigenvalue weighted by molar-refractivity contribution is 5.47. The van der Waals surface area contributed by atoms with Gasteiger partial charge in [-0.1, -0.05) is 0 Å². The van der Waals surface area contributed by atoms with Gasteiger partial charge in [0.2, 0.25) is 0 Å². The molecule has 17 heavy (non-hydrogen) atoms. The van der Waals surface area contributed by atoms with Gasteiger partial charge in [0, 0.05) is 19.1 Å². The van der Waals surface area contributed by atoms with Crippen molar-refractivity contribution in [3.05, 3.63) is 12.4 Å². The van der Waals surface area contributed by atoms with Crippen LogP contribution < -0.4 is 10.2 Å². The van der Waals surface area contributed by atoms with Crippen LogP contribution in [0.25, 0.3) is 0 Å². The predicted octanol–water partition coefficient (Wildman–Crippen LogP) is 1.01. The third-order valence-corrected chi connectivity index (χ3v) is 3.85. The molecule has 5 heteroatoms. The number of aromatic nitrogens is 2. The molecule has 1 aromatic rings. The second-order valence-electron chi connectivity index (χ2n) is 4.93. The van der Waals surface area contributed by atoms with Crippen LogP contribution in [0.15, 0.2) is 12.4 Å². The molecule has 2 saturated heterocycles. The van der Waals surface area contributed by atoms with Crippen molar-refractivity contribution in [2.24, 2.45) is 0 Å². The van der Waals surface area contributed by atoms with E-state index < -0.39 is 0 Å². The van der Waals surface area contributed by atoms with Crippen LogP contribution in [-0.2, 0) is 0 Å². The number of aliphatic hydroxyl groups excluding tert-OH is 1. The van der Waals surface area contributed by atoms with Crippen molar-refractivity contribution in [3.8, 4) is 0 Å². The van der Waals surface area contributed by atoms with E-state index in [0.29, 0.717) is 12.1 Å². The fraction of sp³-hybridized carbons (Fsp3) is 0.667. The molecular formula is C12H18N4O. The lowest BCUT2D eigenvalue weighted by molar-refractivity contribution is 0.126. The molecule has 2 bridgehead atoms. The van der Waals surface area contributed by atoms with E-state index in [4.69, 9.17) is 0 Å². The van der Waals surface area contributed by atoms with Crippen LogP contribution in [0.2, 0.25) is 0 Å². The summed E-state index contributed by atoms with van der Waals surface area (Å²) in [6.07, 6.45) is 7.46. The molecule has 2 aliphatic rings. The van der Waals surface area contributed by atoms with Crippen molar-refractivity contribution in [2.45, 2.75) is 43.9 Å². The van der Waals surface area contributed by atoms with Crippen LogP contribution >= 0.6 is 0 Å². The second-order valence-corrected chi connectivity index (χ2v) is 4.93. The zero-order chi connectivity index (χ0) is 11.8. The fourth-order valence-electron chi connectivity index (χ4n) is 3.12. The minimum absolute atomic E-state index is 0.135.